The first-order chi connectivity index (χ1) is 9.87. The second-order valence-corrected chi connectivity index (χ2v) is 5.10. The Morgan fingerprint density at radius 1 is 1.48 bits per heavy atom. The molecule has 3 N–H and O–H groups in total. The molecule has 6 nitrogen and oxygen atoms in total. The largest absolute Gasteiger partial charge is 0.408 e. The van der Waals surface area contributed by atoms with Crippen LogP contribution in [0.4, 0.5) is 18.9 Å². The van der Waals surface area contributed by atoms with Crippen LogP contribution < -0.4 is 11.1 Å². The quantitative estimate of drug-likeness (QED) is 0.877. The Kier molecular flexibility index (Phi) is 4.58. The zero-order valence-corrected chi connectivity index (χ0v) is 11.5. The summed E-state index contributed by atoms with van der Waals surface area (Å²) in [5.74, 6) is -0.499. The second kappa shape index (κ2) is 6.22. The van der Waals surface area contributed by atoms with Crippen LogP contribution in [-0.2, 0) is 13.0 Å². The van der Waals surface area contributed by atoms with Gasteiger partial charge in [0.1, 0.15) is 12.2 Å². The summed E-state index contributed by atoms with van der Waals surface area (Å²) in [6.07, 6.45) is -1.53. The third-order valence-electron chi connectivity index (χ3n) is 2.37. The van der Waals surface area contributed by atoms with Gasteiger partial charge < -0.3 is 11.1 Å². The number of thiazole rings is 1. The van der Waals surface area contributed by atoms with Crippen LogP contribution in [0.25, 0.3) is 0 Å². The molecule has 0 atom stereocenters. The van der Waals surface area contributed by atoms with Gasteiger partial charge in [-0.25, -0.2) is 4.98 Å². The Hall–Kier alpha value is -1.94. The molecule has 21 heavy (non-hydrogen) atoms. The summed E-state index contributed by atoms with van der Waals surface area (Å²) in [5.41, 5.74) is 5.77. The van der Waals surface area contributed by atoms with Crippen LogP contribution >= 0.6 is 11.3 Å². The number of aromatic nitrogens is 3. The minimum absolute atomic E-state index is 0.178. The van der Waals surface area contributed by atoms with Gasteiger partial charge in [0.05, 0.1) is 16.9 Å². The molecule has 1 amide bonds. The van der Waals surface area contributed by atoms with Gasteiger partial charge in [0.2, 0.25) is 0 Å². The molecular formula is C11H12F3N5OS. The molecule has 2 aromatic heterocycles. The first kappa shape index (κ1) is 15.4. The fourth-order valence-electron chi connectivity index (χ4n) is 1.55. The fraction of sp³-hybridized carbons (Fsp3) is 0.364. The van der Waals surface area contributed by atoms with E-state index in [2.05, 4.69) is 15.4 Å². The van der Waals surface area contributed by atoms with Crippen LogP contribution in [0.5, 0.6) is 0 Å². The molecule has 0 saturated carbocycles. The zero-order chi connectivity index (χ0) is 15.5. The molecule has 0 aromatic carbocycles. The number of nitrogens with one attached hydrogen (secondary N) is 1. The highest BCUT2D eigenvalue weighted by Crippen LogP contribution is 2.18. The van der Waals surface area contributed by atoms with E-state index in [1.54, 1.807) is 5.38 Å². The van der Waals surface area contributed by atoms with E-state index in [9.17, 15) is 18.0 Å². The molecule has 10 heteroatoms. The van der Waals surface area contributed by atoms with E-state index >= 15 is 0 Å². The van der Waals surface area contributed by atoms with Crippen molar-refractivity contribution >= 4 is 22.9 Å². The second-order valence-electron chi connectivity index (χ2n) is 4.16. The van der Waals surface area contributed by atoms with Gasteiger partial charge in [0, 0.05) is 18.0 Å². The van der Waals surface area contributed by atoms with Crippen molar-refractivity contribution in [3.05, 3.63) is 28.5 Å². The lowest BCUT2D eigenvalue weighted by Gasteiger charge is -2.05. The Labute approximate surface area is 121 Å². The van der Waals surface area contributed by atoms with Crippen LogP contribution in [-0.4, -0.2) is 33.4 Å². The molecule has 0 fully saturated rings. The average molecular weight is 319 g/mol. The summed E-state index contributed by atoms with van der Waals surface area (Å²) in [4.78, 5) is 16.0. The molecule has 2 aromatic rings. The fourth-order valence-corrected chi connectivity index (χ4v) is 2.34. The number of rotatable bonds is 5. The van der Waals surface area contributed by atoms with Gasteiger partial charge in [-0.2, -0.15) is 18.3 Å². The number of hydrogen-bond acceptors (Lipinski definition) is 5. The number of carbonyl (C=O) groups is 1. The van der Waals surface area contributed by atoms with Crippen molar-refractivity contribution in [2.24, 2.45) is 5.73 Å². The molecule has 114 valence electrons. The maximum Gasteiger partial charge on any atom is 0.408 e. The van der Waals surface area contributed by atoms with Gasteiger partial charge in [-0.1, -0.05) is 0 Å². The van der Waals surface area contributed by atoms with Gasteiger partial charge in [0.25, 0.3) is 5.91 Å². The molecule has 2 heterocycles. The van der Waals surface area contributed by atoms with E-state index in [0.29, 0.717) is 17.6 Å². The highest BCUT2D eigenvalue weighted by Gasteiger charge is 2.28. The Morgan fingerprint density at radius 3 is 2.90 bits per heavy atom. The van der Waals surface area contributed by atoms with Gasteiger partial charge in [-0.15, -0.1) is 11.3 Å². The number of carbonyl (C=O) groups excluding carboxylic acids is 1. The number of halogens is 3. The van der Waals surface area contributed by atoms with Gasteiger partial charge in [-0.3, -0.25) is 9.48 Å². The number of hydrogen-bond donors (Lipinski definition) is 2. The van der Waals surface area contributed by atoms with Crippen molar-refractivity contribution in [1.29, 1.82) is 0 Å². The average Bonchev–Trinajstić information content (AvgIpc) is 2.97. The number of anilines is 1. The minimum atomic E-state index is -4.36. The summed E-state index contributed by atoms with van der Waals surface area (Å²) in [5, 5.41) is 8.28. The summed E-state index contributed by atoms with van der Waals surface area (Å²) in [6, 6.07) is 0. The van der Waals surface area contributed by atoms with E-state index in [4.69, 9.17) is 5.73 Å². The number of alkyl halides is 3. The SMILES string of the molecule is NCCc1nc(C(=O)Nc2cnn(CC(F)(F)F)c2)cs1. The smallest absolute Gasteiger partial charge is 0.330 e. The van der Waals surface area contributed by atoms with Crippen LogP contribution in [0.3, 0.4) is 0 Å². The molecule has 0 spiro atoms. The summed E-state index contributed by atoms with van der Waals surface area (Å²) in [6.45, 7) is -0.779. The monoisotopic (exact) mass is 319 g/mol. The van der Waals surface area contributed by atoms with Crippen molar-refractivity contribution < 1.29 is 18.0 Å². The first-order valence-electron chi connectivity index (χ1n) is 5.92. The van der Waals surface area contributed by atoms with E-state index < -0.39 is 18.6 Å². The number of nitrogens with zero attached hydrogens (tertiary/aromatic N) is 3. The first-order valence-corrected chi connectivity index (χ1v) is 6.80. The Morgan fingerprint density at radius 2 is 2.24 bits per heavy atom. The topological polar surface area (TPSA) is 85.8 Å². The third-order valence-corrected chi connectivity index (χ3v) is 3.28. The van der Waals surface area contributed by atoms with Crippen LogP contribution in [0, 0.1) is 0 Å². The highest BCUT2D eigenvalue weighted by molar-refractivity contribution is 7.09. The highest BCUT2D eigenvalue weighted by atomic mass is 32.1. The maximum atomic E-state index is 12.2. The van der Waals surface area contributed by atoms with Gasteiger partial charge in [-0.05, 0) is 6.54 Å². The van der Waals surface area contributed by atoms with Crippen LogP contribution in [0.2, 0.25) is 0 Å². The predicted octanol–water partition coefficient (Wildman–Crippen LogP) is 1.66. The van der Waals surface area contributed by atoms with Crippen LogP contribution in [0.1, 0.15) is 15.5 Å². The van der Waals surface area contributed by atoms with Gasteiger partial charge in [0.15, 0.2) is 0 Å². The van der Waals surface area contributed by atoms with E-state index in [1.165, 1.54) is 11.3 Å². The van der Waals surface area contributed by atoms with Gasteiger partial charge >= 0.3 is 6.18 Å². The summed E-state index contributed by atoms with van der Waals surface area (Å²) in [7, 11) is 0. The zero-order valence-electron chi connectivity index (χ0n) is 10.7. The lowest BCUT2D eigenvalue weighted by atomic mass is 10.4. The number of amides is 1. The molecule has 0 radical (unpaired) electrons. The molecule has 2 rings (SSSR count). The van der Waals surface area contributed by atoms with Crippen molar-refractivity contribution in [3.8, 4) is 0 Å². The Bertz CT molecular complexity index is 621. The molecule has 0 aliphatic heterocycles. The molecule has 0 bridgehead atoms. The number of nitrogens with two attached hydrogens (primary N) is 1. The normalized spacial score (nSPS) is 11.6. The molecule has 0 aliphatic rings. The van der Waals surface area contributed by atoms with Crippen molar-refractivity contribution in [3.63, 3.8) is 0 Å². The molecule has 0 saturated heterocycles. The molecular weight excluding hydrogens is 307 g/mol. The lowest BCUT2D eigenvalue weighted by Crippen LogP contribution is -2.18. The maximum absolute atomic E-state index is 12.2. The minimum Gasteiger partial charge on any atom is -0.330 e. The van der Waals surface area contributed by atoms with Crippen LogP contribution in [0.15, 0.2) is 17.8 Å². The summed E-state index contributed by atoms with van der Waals surface area (Å²) < 4.78 is 37.3. The van der Waals surface area contributed by atoms with E-state index in [-0.39, 0.29) is 11.4 Å². The predicted molar refractivity (Wildman–Crippen MR) is 71.1 cm³/mol. The lowest BCUT2D eigenvalue weighted by molar-refractivity contribution is -0.142. The molecule has 0 unspecified atom stereocenters. The Balaban J connectivity index is 1.99. The third kappa shape index (κ3) is 4.53. The van der Waals surface area contributed by atoms with E-state index in [1.807, 2.05) is 0 Å². The van der Waals surface area contributed by atoms with Crippen molar-refractivity contribution in [2.75, 3.05) is 11.9 Å². The van der Waals surface area contributed by atoms with E-state index in [0.717, 1.165) is 17.4 Å². The summed E-state index contributed by atoms with van der Waals surface area (Å²) >= 11 is 1.30. The standard InChI is InChI=1S/C11H12F3N5OS/c12-11(13,14)6-19-4-7(3-16-19)17-10(20)8-5-21-9(18-8)1-2-15/h3-5H,1-2,6,15H2,(H,17,20). The van der Waals surface area contributed by atoms with Crippen molar-refractivity contribution in [2.45, 2.75) is 19.1 Å². The van der Waals surface area contributed by atoms with Crippen molar-refractivity contribution in [1.82, 2.24) is 14.8 Å². The molecule has 0 aliphatic carbocycles.